The monoisotopic (exact) mass is 530 g/mol. The molecule has 2 rings (SSSR count). The van der Waals surface area contributed by atoms with Crippen molar-refractivity contribution in [1.29, 1.82) is 0 Å². The normalized spacial score (nSPS) is 11.6. The molecule has 0 amide bonds. The van der Waals surface area contributed by atoms with Gasteiger partial charge in [0.2, 0.25) is 5.88 Å². The Morgan fingerprint density at radius 1 is 1.14 bits per heavy atom. The van der Waals surface area contributed by atoms with Crippen molar-refractivity contribution in [3.8, 4) is 5.88 Å². The first kappa shape index (κ1) is 24.9. The lowest BCUT2D eigenvalue weighted by Crippen LogP contribution is -2.37. The number of ether oxygens (including phenoxy) is 1. The summed E-state index contributed by atoms with van der Waals surface area (Å²) in [5.41, 5.74) is 0.460. The molecule has 1 aromatic heterocycles. The van der Waals surface area contributed by atoms with Crippen LogP contribution in [0.1, 0.15) is 18.1 Å². The molecule has 0 spiro atoms. The first-order valence-corrected chi connectivity index (χ1v) is 8.38. The highest BCUT2D eigenvalue weighted by Crippen LogP contribution is 2.19. The quantitative estimate of drug-likeness (QED) is 0.244. The van der Waals surface area contributed by atoms with Gasteiger partial charge in [0.15, 0.2) is 12.6 Å². The predicted octanol–water partition coefficient (Wildman–Crippen LogP) is 4.17. The van der Waals surface area contributed by atoms with Crippen LogP contribution in [0.15, 0.2) is 41.5 Å². The van der Waals surface area contributed by atoms with Gasteiger partial charge in [0.05, 0.1) is 6.54 Å². The van der Waals surface area contributed by atoms with Crippen molar-refractivity contribution in [3.05, 3.63) is 59.3 Å². The molecule has 0 atom stereocenters. The van der Waals surface area contributed by atoms with Crippen molar-refractivity contribution in [2.45, 2.75) is 26.2 Å². The van der Waals surface area contributed by atoms with Crippen molar-refractivity contribution in [2.24, 2.45) is 4.99 Å². The molecule has 1 heterocycles. The molecule has 1 aromatic carbocycles. The molecule has 0 radical (unpaired) electrons. The number of rotatable bonds is 7. The van der Waals surface area contributed by atoms with Crippen molar-refractivity contribution in [3.63, 3.8) is 0 Å². The van der Waals surface area contributed by atoms with E-state index >= 15 is 0 Å². The second kappa shape index (κ2) is 11.7. The van der Waals surface area contributed by atoms with Crippen LogP contribution < -0.4 is 15.4 Å². The van der Waals surface area contributed by atoms with Gasteiger partial charge in [-0.05, 0) is 31.2 Å². The fraction of sp³-hybridized carbons (Fsp3) is 0.333. The summed E-state index contributed by atoms with van der Waals surface area (Å²) in [6.45, 7) is 0.787. The van der Waals surface area contributed by atoms with E-state index in [1.165, 1.54) is 6.20 Å². The molecule has 2 N–H and O–H groups in total. The highest BCUT2D eigenvalue weighted by Gasteiger charge is 2.29. The molecule has 11 heteroatoms. The van der Waals surface area contributed by atoms with E-state index in [0.717, 1.165) is 18.2 Å². The van der Waals surface area contributed by atoms with E-state index in [4.69, 9.17) is 4.74 Å². The number of benzene rings is 1. The van der Waals surface area contributed by atoms with E-state index in [9.17, 15) is 22.0 Å². The number of guanidine groups is 1. The minimum atomic E-state index is -4.48. The van der Waals surface area contributed by atoms with E-state index in [0.29, 0.717) is 12.1 Å². The average Bonchev–Trinajstić information content (AvgIpc) is 2.65. The van der Waals surface area contributed by atoms with E-state index < -0.39 is 24.4 Å². The third kappa shape index (κ3) is 8.79. The number of aromatic nitrogens is 1. The lowest BCUT2D eigenvalue weighted by molar-refractivity contribution is -0.154. The molecule has 0 aliphatic heterocycles. The van der Waals surface area contributed by atoms with Gasteiger partial charge in [-0.15, -0.1) is 24.0 Å². The first-order valence-electron chi connectivity index (χ1n) is 8.38. The Morgan fingerprint density at radius 2 is 1.90 bits per heavy atom. The summed E-state index contributed by atoms with van der Waals surface area (Å²) in [6.07, 6.45) is -3.16. The summed E-state index contributed by atoms with van der Waals surface area (Å²) < 4.78 is 68.7. The lowest BCUT2D eigenvalue weighted by Gasteiger charge is -2.14. The summed E-state index contributed by atoms with van der Waals surface area (Å²) in [5.74, 6) is -1.04. The molecular weight excluding hydrogens is 510 g/mol. The number of pyridine rings is 1. The number of hydrogen-bond acceptors (Lipinski definition) is 3. The summed E-state index contributed by atoms with van der Waals surface area (Å²) in [7, 11) is 0. The minimum Gasteiger partial charge on any atom is -0.468 e. The molecule has 0 saturated carbocycles. The molecule has 0 aliphatic rings. The lowest BCUT2D eigenvalue weighted by atomic mass is 10.2. The van der Waals surface area contributed by atoms with Gasteiger partial charge in [-0.1, -0.05) is 6.07 Å². The van der Waals surface area contributed by atoms with Crippen LogP contribution in [0.5, 0.6) is 5.88 Å². The Labute approximate surface area is 181 Å². The van der Waals surface area contributed by atoms with Crippen LogP contribution in [0.2, 0.25) is 0 Å². The third-order valence-corrected chi connectivity index (χ3v) is 3.43. The molecule has 0 fully saturated rings. The Hall–Kier alpha value is -2.18. The SMILES string of the molecule is CCNC(=NCc1cc(F)ccc1F)NCc1cccnc1OCC(F)(F)F.I. The zero-order valence-electron chi connectivity index (χ0n) is 15.4. The van der Waals surface area contributed by atoms with Crippen LogP contribution in [-0.2, 0) is 13.1 Å². The molecule has 0 bridgehead atoms. The van der Waals surface area contributed by atoms with Crippen LogP contribution in [-0.4, -0.2) is 30.3 Å². The zero-order chi connectivity index (χ0) is 20.6. The van der Waals surface area contributed by atoms with Gasteiger partial charge in [0, 0.05) is 30.4 Å². The van der Waals surface area contributed by atoms with Gasteiger partial charge in [0.1, 0.15) is 11.6 Å². The maximum atomic E-state index is 13.7. The van der Waals surface area contributed by atoms with E-state index in [-0.39, 0.29) is 54.5 Å². The topological polar surface area (TPSA) is 58.5 Å². The highest BCUT2D eigenvalue weighted by atomic mass is 127. The van der Waals surface area contributed by atoms with Gasteiger partial charge in [-0.3, -0.25) is 0 Å². The van der Waals surface area contributed by atoms with Crippen molar-refractivity contribution in [1.82, 2.24) is 15.6 Å². The van der Waals surface area contributed by atoms with E-state index in [1.54, 1.807) is 12.1 Å². The van der Waals surface area contributed by atoms with Crippen LogP contribution in [0.3, 0.4) is 0 Å². The van der Waals surface area contributed by atoms with Gasteiger partial charge >= 0.3 is 6.18 Å². The molecule has 0 aliphatic carbocycles. The van der Waals surface area contributed by atoms with Crippen molar-refractivity contribution >= 4 is 29.9 Å². The fourth-order valence-corrected chi connectivity index (χ4v) is 2.19. The van der Waals surface area contributed by atoms with Crippen molar-refractivity contribution in [2.75, 3.05) is 13.2 Å². The van der Waals surface area contributed by atoms with Crippen molar-refractivity contribution < 1.29 is 26.7 Å². The smallest absolute Gasteiger partial charge is 0.422 e. The number of nitrogens with one attached hydrogen (secondary N) is 2. The summed E-state index contributed by atoms with van der Waals surface area (Å²) in [6, 6.07) is 6.19. The average molecular weight is 530 g/mol. The largest absolute Gasteiger partial charge is 0.468 e. The number of hydrogen-bond donors (Lipinski definition) is 2. The van der Waals surface area contributed by atoms with E-state index in [2.05, 4.69) is 20.6 Å². The molecule has 160 valence electrons. The maximum absolute atomic E-state index is 13.7. The van der Waals surface area contributed by atoms with Gasteiger partial charge < -0.3 is 15.4 Å². The molecular formula is C18H20F5IN4O. The fourth-order valence-electron chi connectivity index (χ4n) is 2.19. The van der Waals surface area contributed by atoms with Gasteiger partial charge in [0.25, 0.3) is 0 Å². The molecule has 29 heavy (non-hydrogen) atoms. The predicted molar refractivity (Wildman–Crippen MR) is 109 cm³/mol. The number of halogens is 6. The molecule has 0 saturated heterocycles. The summed E-state index contributed by atoms with van der Waals surface area (Å²) in [5, 5.41) is 5.81. The van der Waals surface area contributed by atoms with Crippen LogP contribution in [0.4, 0.5) is 22.0 Å². The Balaban J connectivity index is 0.00000420. The first-order chi connectivity index (χ1) is 13.3. The number of nitrogens with zero attached hydrogens (tertiary/aromatic N) is 2. The minimum absolute atomic E-state index is 0. The standard InChI is InChI=1S/C18H19F5N4O.HI/c1-2-24-17(27-10-13-8-14(19)5-6-15(13)20)26-9-12-4-3-7-25-16(12)28-11-18(21,22)23;/h3-8H,2,9-11H2,1H3,(H2,24,26,27);1H. The summed E-state index contributed by atoms with van der Waals surface area (Å²) >= 11 is 0. The van der Waals surface area contributed by atoms with Crippen LogP contribution in [0, 0.1) is 11.6 Å². The number of aliphatic imine (C=N–C) groups is 1. The maximum Gasteiger partial charge on any atom is 0.422 e. The Bertz CT molecular complexity index is 817. The van der Waals surface area contributed by atoms with E-state index in [1.807, 2.05) is 6.92 Å². The molecule has 5 nitrogen and oxygen atoms in total. The van der Waals surface area contributed by atoms with Gasteiger partial charge in [-0.2, -0.15) is 13.2 Å². The zero-order valence-corrected chi connectivity index (χ0v) is 17.7. The van der Waals surface area contributed by atoms with Gasteiger partial charge in [-0.25, -0.2) is 18.8 Å². The second-order valence-corrected chi connectivity index (χ2v) is 5.66. The van der Waals surface area contributed by atoms with Crippen LogP contribution in [0.25, 0.3) is 0 Å². The third-order valence-electron chi connectivity index (χ3n) is 3.43. The highest BCUT2D eigenvalue weighted by molar-refractivity contribution is 14.0. The Kier molecular flexibility index (Phi) is 10.1. The van der Waals surface area contributed by atoms with Crippen LogP contribution >= 0.6 is 24.0 Å². The number of alkyl halides is 3. The molecule has 2 aromatic rings. The summed E-state index contributed by atoms with van der Waals surface area (Å²) in [4.78, 5) is 7.97. The Morgan fingerprint density at radius 3 is 2.59 bits per heavy atom. The molecule has 0 unspecified atom stereocenters. The second-order valence-electron chi connectivity index (χ2n) is 5.66.